The number of nitrogens with zero attached hydrogens (tertiary/aromatic N) is 4. The molecule has 2 fully saturated rings. The largest absolute Gasteiger partial charge is 0.351 e. The first-order valence-electron chi connectivity index (χ1n) is 6.99. The summed E-state index contributed by atoms with van der Waals surface area (Å²) in [6.07, 6.45) is 4.10. The standard InChI is InChI=1S/C12H18ClN5OS/c13-10-15-11(14-9-3-7-20(19)8-4-9)17-12(16-10)18-5-1-2-6-18/h9H,1-8H2,(H,14,15,16,17). The fourth-order valence-electron chi connectivity index (χ4n) is 2.58. The lowest BCUT2D eigenvalue weighted by Crippen LogP contribution is -2.30. The zero-order valence-corrected chi connectivity index (χ0v) is 12.8. The molecule has 0 saturated carbocycles. The van der Waals surface area contributed by atoms with Gasteiger partial charge in [0, 0.05) is 41.4 Å². The van der Waals surface area contributed by atoms with E-state index in [2.05, 4.69) is 25.2 Å². The molecule has 0 amide bonds. The summed E-state index contributed by atoms with van der Waals surface area (Å²) < 4.78 is 11.4. The first kappa shape index (κ1) is 14.0. The van der Waals surface area contributed by atoms with Gasteiger partial charge in [-0.05, 0) is 37.3 Å². The van der Waals surface area contributed by atoms with E-state index in [-0.39, 0.29) is 11.3 Å². The molecule has 2 saturated heterocycles. The van der Waals surface area contributed by atoms with Crippen molar-refractivity contribution in [2.75, 3.05) is 34.8 Å². The van der Waals surface area contributed by atoms with Crippen molar-refractivity contribution in [2.24, 2.45) is 0 Å². The first-order valence-corrected chi connectivity index (χ1v) is 8.85. The lowest BCUT2D eigenvalue weighted by Gasteiger charge is -2.23. The number of nitrogens with one attached hydrogen (secondary N) is 1. The fraction of sp³-hybridized carbons (Fsp3) is 0.750. The highest BCUT2D eigenvalue weighted by Crippen LogP contribution is 2.20. The molecule has 0 aliphatic carbocycles. The molecule has 0 unspecified atom stereocenters. The lowest BCUT2D eigenvalue weighted by atomic mass is 10.2. The lowest BCUT2D eigenvalue weighted by molar-refractivity contribution is 0.620. The van der Waals surface area contributed by atoms with Crippen LogP contribution < -0.4 is 10.2 Å². The number of halogens is 1. The van der Waals surface area contributed by atoms with Gasteiger partial charge >= 0.3 is 0 Å². The average Bonchev–Trinajstić information content (AvgIpc) is 2.95. The SMILES string of the molecule is O=S1CCC(Nc2nc(Cl)nc(N3CCCC3)n2)CC1. The van der Waals surface area contributed by atoms with Gasteiger partial charge in [0.15, 0.2) is 0 Å². The summed E-state index contributed by atoms with van der Waals surface area (Å²) in [5, 5.41) is 3.52. The third-order valence-electron chi connectivity index (χ3n) is 3.71. The Labute approximate surface area is 125 Å². The first-order chi connectivity index (χ1) is 9.70. The Bertz CT molecular complexity index is 499. The van der Waals surface area contributed by atoms with Crippen molar-refractivity contribution in [1.29, 1.82) is 0 Å². The van der Waals surface area contributed by atoms with Gasteiger partial charge in [-0.3, -0.25) is 4.21 Å². The maximum Gasteiger partial charge on any atom is 0.231 e. The summed E-state index contributed by atoms with van der Waals surface area (Å²) in [6, 6.07) is 0.276. The van der Waals surface area contributed by atoms with E-state index in [1.54, 1.807) is 0 Å². The minimum Gasteiger partial charge on any atom is -0.351 e. The number of anilines is 2. The minimum absolute atomic E-state index is 0.226. The molecule has 0 radical (unpaired) electrons. The highest BCUT2D eigenvalue weighted by Gasteiger charge is 2.21. The van der Waals surface area contributed by atoms with Crippen LogP contribution in [-0.4, -0.2) is 49.8 Å². The van der Waals surface area contributed by atoms with Crippen molar-refractivity contribution in [3.8, 4) is 0 Å². The molecule has 0 spiro atoms. The van der Waals surface area contributed by atoms with Gasteiger partial charge in [0.2, 0.25) is 17.2 Å². The minimum atomic E-state index is -0.657. The molecule has 1 aromatic rings. The molecule has 1 aromatic heterocycles. The van der Waals surface area contributed by atoms with Crippen molar-refractivity contribution in [3.05, 3.63) is 5.28 Å². The predicted molar refractivity (Wildman–Crippen MR) is 80.8 cm³/mol. The van der Waals surface area contributed by atoms with E-state index < -0.39 is 10.8 Å². The molecule has 3 heterocycles. The summed E-state index contributed by atoms with van der Waals surface area (Å²) in [5.41, 5.74) is 0. The number of rotatable bonds is 3. The normalized spacial score (nSPS) is 26.8. The zero-order chi connectivity index (χ0) is 13.9. The smallest absolute Gasteiger partial charge is 0.231 e. The number of hydrogen-bond acceptors (Lipinski definition) is 6. The maximum atomic E-state index is 11.4. The number of aromatic nitrogens is 3. The van der Waals surface area contributed by atoms with Crippen LogP contribution in [0.3, 0.4) is 0 Å². The second-order valence-electron chi connectivity index (χ2n) is 5.19. The molecule has 0 aromatic carbocycles. The third kappa shape index (κ3) is 3.38. The monoisotopic (exact) mass is 315 g/mol. The van der Waals surface area contributed by atoms with E-state index in [4.69, 9.17) is 11.6 Å². The van der Waals surface area contributed by atoms with Crippen molar-refractivity contribution < 1.29 is 4.21 Å². The second kappa shape index (κ2) is 6.22. The van der Waals surface area contributed by atoms with E-state index in [1.165, 1.54) is 12.8 Å². The van der Waals surface area contributed by atoms with Crippen LogP contribution in [-0.2, 0) is 10.8 Å². The van der Waals surface area contributed by atoms with Gasteiger partial charge in [-0.1, -0.05) is 0 Å². The van der Waals surface area contributed by atoms with Gasteiger partial charge in [0.1, 0.15) is 0 Å². The molecule has 1 N–H and O–H groups in total. The highest BCUT2D eigenvalue weighted by atomic mass is 35.5. The van der Waals surface area contributed by atoms with Crippen molar-refractivity contribution in [2.45, 2.75) is 31.7 Å². The van der Waals surface area contributed by atoms with E-state index in [0.29, 0.717) is 11.9 Å². The summed E-state index contributed by atoms with van der Waals surface area (Å²) in [6.45, 7) is 1.95. The summed E-state index contributed by atoms with van der Waals surface area (Å²) in [7, 11) is -0.657. The molecular formula is C12H18ClN5OS. The van der Waals surface area contributed by atoms with Crippen LogP contribution in [0.25, 0.3) is 0 Å². The van der Waals surface area contributed by atoms with Crippen LogP contribution in [0.4, 0.5) is 11.9 Å². The molecule has 3 rings (SSSR count). The third-order valence-corrected chi connectivity index (χ3v) is 5.26. The zero-order valence-electron chi connectivity index (χ0n) is 11.2. The molecule has 20 heavy (non-hydrogen) atoms. The van der Waals surface area contributed by atoms with E-state index >= 15 is 0 Å². The van der Waals surface area contributed by atoms with Crippen LogP contribution in [0.2, 0.25) is 5.28 Å². The molecule has 0 bridgehead atoms. The Hall–Kier alpha value is -0.950. The second-order valence-corrected chi connectivity index (χ2v) is 7.22. The van der Waals surface area contributed by atoms with E-state index in [0.717, 1.165) is 37.4 Å². The maximum absolute atomic E-state index is 11.4. The molecular weight excluding hydrogens is 298 g/mol. The molecule has 0 atom stereocenters. The van der Waals surface area contributed by atoms with Gasteiger partial charge in [-0.2, -0.15) is 15.0 Å². The summed E-state index contributed by atoms with van der Waals surface area (Å²) in [5.74, 6) is 2.68. The van der Waals surface area contributed by atoms with Gasteiger partial charge < -0.3 is 10.2 Å². The highest BCUT2D eigenvalue weighted by molar-refractivity contribution is 7.85. The molecule has 110 valence electrons. The van der Waals surface area contributed by atoms with Crippen LogP contribution in [0, 0.1) is 0 Å². The quantitative estimate of drug-likeness (QED) is 0.910. The van der Waals surface area contributed by atoms with Crippen molar-refractivity contribution in [1.82, 2.24) is 15.0 Å². The van der Waals surface area contributed by atoms with Crippen molar-refractivity contribution >= 4 is 34.3 Å². The van der Waals surface area contributed by atoms with Crippen LogP contribution in [0.5, 0.6) is 0 Å². The number of hydrogen-bond donors (Lipinski definition) is 1. The average molecular weight is 316 g/mol. The van der Waals surface area contributed by atoms with E-state index in [1.807, 2.05) is 0 Å². The van der Waals surface area contributed by atoms with Crippen LogP contribution >= 0.6 is 11.6 Å². The summed E-state index contributed by atoms with van der Waals surface area (Å²) in [4.78, 5) is 14.9. The molecule has 2 aliphatic rings. The Balaban J connectivity index is 1.70. The van der Waals surface area contributed by atoms with Gasteiger partial charge in [0.05, 0.1) is 0 Å². The van der Waals surface area contributed by atoms with Crippen LogP contribution in [0.15, 0.2) is 0 Å². The van der Waals surface area contributed by atoms with E-state index in [9.17, 15) is 4.21 Å². The Kier molecular flexibility index (Phi) is 4.35. The topological polar surface area (TPSA) is 71.0 Å². The van der Waals surface area contributed by atoms with Crippen molar-refractivity contribution in [3.63, 3.8) is 0 Å². The Morgan fingerprint density at radius 1 is 1.15 bits per heavy atom. The van der Waals surface area contributed by atoms with Gasteiger partial charge in [-0.25, -0.2) is 0 Å². The van der Waals surface area contributed by atoms with Crippen LogP contribution in [0.1, 0.15) is 25.7 Å². The fourth-order valence-corrected chi connectivity index (χ4v) is 4.04. The van der Waals surface area contributed by atoms with Gasteiger partial charge in [0.25, 0.3) is 0 Å². The Morgan fingerprint density at radius 2 is 1.85 bits per heavy atom. The molecule has 2 aliphatic heterocycles. The molecule has 8 heteroatoms. The molecule has 6 nitrogen and oxygen atoms in total. The predicted octanol–water partition coefficient (Wildman–Crippen LogP) is 1.45. The van der Waals surface area contributed by atoms with Gasteiger partial charge in [-0.15, -0.1) is 0 Å². The Morgan fingerprint density at radius 3 is 2.55 bits per heavy atom. The summed E-state index contributed by atoms with van der Waals surface area (Å²) >= 11 is 5.99.